The second kappa shape index (κ2) is 6.37. The number of nitrogens with zero attached hydrogens (tertiary/aromatic N) is 1. The van der Waals surface area contributed by atoms with E-state index in [-0.39, 0.29) is 0 Å². The summed E-state index contributed by atoms with van der Waals surface area (Å²) in [5, 5.41) is 0.658. The van der Waals surface area contributed by atoms with E-state index in [0.29, 0.717) is 28.8 Å². The predicted molar refractivity (Wildman–Crippen MR) is 83.8 cm³/mol. The molecule has 0 fully saturated rings. The van der Waals surface area contributed by atoms with Gasteiger partial charge in [0.2, 0.25) is 0 Å². The van der Waals surface area contributed by atoms with Crippen molar-refractivity contribution in [3.8, 4) is 11.5 Å². The third kappa shape index (κ3) is 3.07. The number of halogens is 1. The zero-order chi connectivity index (χ0) is 14.5. The van der Waals surface area contributed by atoms with Crippen molar-refractivity contribution in [2.24, 2.45) is 5.73 Å². The van der Waals surface area contributed by atoms with Gasteiger partial charge in [0, 0.05) is 23.2 Å². The first kappa shape index (κ1) is 14.3. The summed E-state index contributed by atoms with van der Waals surface area (Å²) in [4.78, 5) is 4.38. The Balaban J connectivity index is 2.45. The lowest BCUT2D eigenvalue weighted by molar-refractivity contribution is 0.479. The van der Waals surface area contributed by atoms with Crippen molar-refractivity contribution >= 4 is 23.8 Å². The number of nitrogens with two attached hydrogens (primary N) is 1. The Labute approximate surface area is 123 Å². The van der Waals surface area contributed by atoms with Gasteiger partial charge in [-0.05, 0) is 30.3 Å². The first-order valence-electron chi connectivity index (χ1n) is 6.10. The van der Waals surface area contributed by atoms with Gasteiger partial charge in [-0.3, -0.25) is 4.98 Å². The van der Waals surface area contributed by atoms with Crippen molar-refractivity contribution in [2.45, 2.75) is 6.54 Å². The molecule has 0 aliphatic rings. The van der Waals surface area contributed by atoms with Crippen LogP contribution in [0.5, 0.6) is 11.5 Å². The zero-order valence-corrected chi connectivity index (χ0v) is 11.7. The van der Waals surface area contributed by atoms with Crippen LogP contribution in [0.4, 0.5) is 0 Å². The van der Waals surface area contributed by atoms with Crippen LogP contribution in [0.2, 0.25) is 5.02 Å². The van der Waals surface area contributed by atoms with Crippen LogP contribution in [0.25, 0.3) is 12.2 Å². The summed E-state index contributed by atoms with van der Waals surface area (Å²) in [6.45, 7) is 7.87. The highest BCUT2D eigenvalue weighted by atomic mass is 35.5. The highest BCUT2D eigenvalue weighted by molar-refractivity contribution is 6.30. The van der Waals surface area contributed by atoms with E-state index in [1.165, 1.54) is 0 Å². The molecule has 0 unspecified atom stereocenters. The molecule has 2 aromatic rings. The van der Waals surface area contributed by atoms with Crippen LogP contribution in [0.1, 0.15) is 17.0 Å². The van der Waals surface area contributed by atoms with E-state index in [1.807, 2.05) is 0 Å². The van der Waals surface area contributed by atoms with Gasteiger partial charge in [0.15, 0.2) is 0 Å². The maximum atomic E-state index is 5.87. The van der Waals surface area contributed by atoms with Gasteiger partial charge in [-0.15, -0.1) is 0 Å². The second-order valence-corrected chi connectivity index (χ2v) is 4.52. The van der Waals surface area contributed by atoms with Crippen molar-refractivity contribution in [3.05, 3.63) is 65.5 Å². The monoisotopic (exact) mass is 286 g/mol. The lowest BCUT2D eigenvalue weighted by atomic mass is 10.1. The van der Waals surface area contributed by atoms with E-state index in [1.54, 1.807) is 42.5 Å². The van der Waals surface area contributed by atoms with Gasteiger partial charge < -0.3 is 10.5 Å². The molecule has 102 valence electrons. The fourth-order valence-corrected chi connectivity index (χ4v) is 1.91. The Kier molecular flexibility index (Phi) is 4.56. The molecular weight excluding hydrogens is 272 g/mol. The standard InChI is InChI=1S/C16H15ClN2O/c1-3-14-15(4-2)19-12(10-18)9-16(14)20-13-7-5-11(17)6-8-13/h3-9H,1-2,10,18H2. The van der Waals surface area contributed by atoms with Gasteiger partial charge in [-0.1, -0.05) is 30.8 Å². The Morgan fingerprint density at radius 1 is 1.20 bits per heavy atom. The Morgan fingerprint density at radius 2 is 1.90 bits per heavy atom. The molecule has 0 atom stereocenters. The first-order chi connectivity index (χ1) is 9.67. The number of rotatable bonds is 5. The molecule has 0 aliphatic heterocycles. The molecule has 0 spiro atoms. The molecule has 3 nitrogen and oxygen atoms in total. The minimum Gasteiger partial charge on any atom is -0.457 e. The number of ether oxygens (including phenoxy) is 1. The minimum absolute atomic E-state index is 0.329. The van der Waals surface area contributed by atoms with Crippen LogP contribution < -0.4 is 10.5 Å². The predicted octanol–water partition coefficient (Wildman–Crippen LogP) is 4.27. The maximum Gasteiger partial charge on any atom is 0.138 e. The van der Waals surface area contributed by atoms with E-state index >= 15 is 0 Å². The number of aromatic nitrogens is 1. The lowest BCUT2D eigenvalue weighted by Gasteiger charge is -2.12. The fourth-order valence-electron chi connectivity index (χ4n) is 1.78. The van der Waals surface area contributed by atoms with Crippen LogP contribution >= 0.6 is 11.6 Å². The number of hydrogen-bond acceptors (Lipinski definition) is 3. The van der Waals surface area contributed by atoms with E-state index in [2.05, 4.69) is 18.1 Å². The van der Waals surface area contributed by atoms with Crippen LogP contribution in [-0.4, -0.2) is 4.98 Å². The van der Waals surface area contributed by atoms with Gasteiger partial charge in [-0.25, -0.2) is 0 Å². The smallest absolute Gasteiger partial charge is 0.138 e. The Bertz CT molecular complexity index is 636. The lowest BCUT2D eigenvalue weighted by Crippen LogP contribution is -2.03. The molecule has 1 heterocycles. The molecule has 20 heavy (non-hydrogen) atoms. The van der Waals surface area contributed by atoms with Gasteiger partial charge in [0.25, 0.3) is 0 Å². The van der Waals surface area contributed by atoms with Crippen molar-refractivity contribution in [2.75, 3.05) is 0 Å². The molecule has 2 N–H and O–H groups in total. The summed E-state index contributed by atoms with van der Waals surface area (Å²) in [6.07, 6.45) is 3.35. The highest BCUT2D eigenvalue weighted by Crippen LogP contribution is 2.30. The SMILES string of the molecule is C=Cc1nc(CN)cc(Oc2ccc(Cl)cc2)c1C=C. The van der Waals surface area contributed by atoms with Crippen molar-refractivity contribution in [1.29, 1.82) is 0 Å². The average molecular weight is 287 g/mol. The maximum absolute atomic E-state index is 5.87. The minimum atomic E-state index is 0.329. The molecular formula is C16H15ClN2O. The normalized spacial score (nSPS) is 10.1. The summed E-state index contributed by atoms with van der Waals surface area (Å²) in [5.41, 5.74) is 7.87. The van der Waals surface area contributed by atoms with E-state index in [4.69, 9.17) is 22.1 Å². The van der Waals surface area contributed by atoms with Crippen molar-refractivity contribution < 1.29 is 4.74 Å². The van der Waals surface area contributed by atoms with Crippen LogP contribution in [0.15, 0.2) is 43.5 Å². The Hall–Kier alpha value is -2.10. The van der Waals surface area contributed by atoms with Crippen LogP contribution in [0.3, 0.4) is 0 Å². The van der Waals surface area contributed by atoms with Gasteiger partial charge in [0.05, 0.1) is 11.4 Å². The summed E-state index contributed by atoms with van der Waals surface area (Å²) < 4.78 is 5.87. The summed E-state index contributed by atoms with van der Waals surface area (Å²) in [7, 11) is 0. The molecule has 0 saturated carbocycles. The van der Waals surface area contributed by atoms with Crippen LogP contribution in [0, 0.1) is 0 Å². The average Bonchev–Trinajstić information content (AvgIpc) is 2.48. The zero-order valence-electron chi connectivity index (χ0n) is 11.0. The first-order valence-corrected chi connectivity index (χ1v) is 6.48. The summed E-state index contributed by atoms with van der Waals surface area (Å²) >= 11 is 5.86. The second-order valence-electron chi connectivity index (χ2n) is 4.08. The van der Waals surface area contributed by atoms with E-state index in [0.717, 1.165) is 11.3 Å². The Morgan fingerprint density at radius 3 is 2.45 bits per heavy atom. The van der Waals surface area contributed by atoms with Gasteiger partial charge in [-0.2, -0.15) is 0 Å². The van der Waals surface area contributed by atoms with Crippen molar-refractivity contribution in [1.82, 2.24) is 4.98 Å². The highest BCUT2D eigenvalue weighted by Gasteiger charge is 2.10. The molecule has 4 heteroatoms. The molecule has 0 aliphatic carbocycles. The molecule has 0 bridgehead atoms. The molecule has 2 rings (SSSR count). The topological polar surface area (TPSA) is 48.1 Å². The largest absolute Gasteiger partial charge is 0.457 e. The molecule has 1 aromatic heterocycles. The molecule has 1 aromatic carbocycles. The third-order valence-corrected chi connectivity index (χ3v) is 3.00. The third-order valence-electron chi connectivity index (χ3n) is 2.75. The molecule has 0 radical (unpaired) electrons. The van der Waals surface area contributed by atoms with E-state index < -0.39 is 0 Å². The number of pyridine rings is 1. The van der Waals surface area contributed by atoms with Gasteiger partial charge in [0.1, 0.15) is 11.5 Å². The van der Waals surface area contributed by atoms with E-state index in [9.17, 15) is 0 Å². The summed E-state index contributed by atoms with van der Waals surface area (Å²) in [5.74, 6) is 1.33. The number of hydrogen-bond donors (Lipinski definition) is 1. The number of benzene rings is 1. The molecule has 0 amide bonds. The van der Waals surface area contributed by atoms with Gasteiger partial charge >= 0.3 is 0 Å². The van der Waals surface area contributed by atoms with Crippen molar-refractivity contribution in [3.63, 3.8) is 0 Å². The molecule has 0 saturated heterocycles. The summed E-state index contributed by atoms with van der Waals surface area (Å²) in [6, 6.07) is 8.93. The fraction of sp³-hybridized carbons (Fsp3) is 0.0625. The van der Waals surface area contributed by atoms with Crippen LogP contribution in [-0.2, 0) is 6.54 Å². The quantitative estimate of drug-likeness (QED) is 0.893.